The third-order valence-corrected chi connectivity index (χ3v) is 3.87. The van der Waals surface area contributed by atoms with Crippen molar-refractivity contribution < 1.29 is 29.4 Å². The van der Waals surface area contributed by atoms with E-state index in [0.717, 1.165) is 0 Å². The van der Waals surface area contributed by atoms with E-state index in [1.165, 1.54) is 0 Å². The van der Waals surface area contributed by atoms with Gasteiger partial charge in [0.15, 0.2) is 5.96 Å². The molecule has 0 spiro atoms. The van der Waals surface area contributed by atoms with Crippen molar-refractivity contribution in [1.29, 1.82) is 5.41 Å². The van der Waals surface area contributed by atoms with Crippen LogP contribution in [0, 0.1) is 11.3 Å². The summed E-state index contributed by atoms with van der Waals surface area (Å²) >= 11 is 0. The summed E-state index contributed by atoms with van der Waals surface area (Å²) in [5.41, 5.74) is 10.3. The Labute approximate surface area is 168 Å². The molecule has 29 heavy (non-hydrogen) atoms. The van der Waals surface area contributed by atoms with Gasteiger partial charge in [-0.05, 0) is 18.8 Å². The van der Waals surface area contributed by atoms with Gasteiger partial charge >= 0.3 is 5.97 Å². The molecule has 0 aliphatic carbocycles. The number of carboxylic acids is 1. The number of nitrogens with one attached hydrogen (secondary N) is 5. The first kappa shape index (κ1) is 26.1. The number of carbonyl (C=O) groups excluding carboxylic acids is 3. The van der Waals surface area contributed by atoms with Crippen LogP contribution < -0.4 is 32.7 Å². The number of aliphatic hydroxyl groups excluding tert-OH is 1. The molecule has 11 N–H and O–H groups in total. The minimum Gasteiger partial charge on any atom is -0.480 e. The van der Waals surface area contributed by atoms with Crippen LogP contribution in [0.1, 0.15) is 26.7 Å². The molecule has 0 aliphatic rings. The lowest BCUT2D eigenvalue weighted by Crippen LogP contribution is -2.58. The molecule has 13 heteroatoms. The molecule has 0 aromatic carbocycles. The van der Waals surface area contributed by atoms with Gasteiger partial charge in [-0.3, -0.25) is 19.8 Å². The van der Waals surface area contributed by atoms with Crippen molar-refractivity contribution in [1.82, 2.24) is 21.3 Å². The van der Waals surface area contributed by atoms with Crippen LogP contribution in [0.25, 0.3) is 0 Å². The average Bonchev–Trinajstić information content (AvgIpc) is 2.64. The fourth-order valence-electron chi connectivity index (χ4n) is 2.28. The molecule has 0 aliphatic heterocycles. The van der Waals surface area contributed by atoms with Crippen molar-refractivity contribution in [3.63, 3.8) is 0 Å². The van der Waals surface area contributed by atoms with Gasteiger partial charge in [0.2, 0.25) is 17.7 Å². The lowest BCUT2D eigenvalue weighted by Gasteiger charge is -2.26. The van der Waals surface area contributed by atoms with Gasteiger partial charge in [-0.1, -0.05) is 13.8 Å². The lowest BCUT2D eigenvalue weighted by molar-refractivity contribution is -0.142. The topological polar surface area (TPSA) is 233 Å². The first-order chi connectivity index (χ1) is 13.5. The zero-order chi connectivity index (χ0) is 22.6. The van der Waals surface area contributed by atoms with Crippen LogP contribution in [0.3, 0.4) is 0 Å². The molecule has 0 aromatic heterocycles. The van der Waals surface area contributed by atoms with Gasteiger partial charge < -0.3 is 42.9 Å². The number of carboxylic acid groups (broad SMARTS) is 1. The van der Waals surface area contributed by atoms with Crippen molar-refractivity contribution in [2.24, 2.45) is 17.4 Å². The highest BCUT2D eigenvalue weighted by Gasteiger charge is 2.30. The van der Waals surface area contributed by atoms with E-state index in [0.29, 0.717) is 6.42 Å². The largest absolute Gasteiger partial charge is 0.480 e. The number of amides is 3. The number of rotatable bonds is 13. The lowest BCUT2D eigenvalue weighted by atomic mass is 10.0. The summed E-state index contributed by atoms with van der Waals surface area (Å²) in [6, 6.07) is -3.60. The molecule has 0 aromatic rings. The highest BCUT2D eigenvalue weighted by atomic mass is 16.4. The highest BCUT2D eigenvalue weighted by molar-refractivity contribution is 5.93. The van der Waals surface area contributed by atoms with Crippen LogP contribution in [-0.2, 0) is 19.2 Å². The Hall–Kier alpha value is -2.93. The molecular formula is C16H31N7O6. The maximum atomic E-state index is 12.5. The predicted molar refractivity (Wildman–Crippen MR) is 104 cm³/mol. The Morgan fingerprint density at radius 1 is 1.03 bits per heavy atom. The number of aliphatic carboxylic acids is 1. The molecule has 0 saturated heterocycles. The molecule has 3 amide bonds. The Bertz CT molecular complexity index is 598. The summed E-state index contributed by atoms with van der Waals surface area (Å²) in [4.78, 5) is 47.5. The maximum absolute atomic E-state index is 12.5. The van der Waals surface area contributed by atoms with E-state index in [1.54, 1.807) is 13.8 Å². The van der Waals surface area contributed by atoms with E-state index in [2.05, 4.69) is 21.3 Å². The molecule has 0 saturated carbocycles. The Morgan fingerprint density at radius 3 is 2.10 bits per heavy atom. The number of guanidine groups is 1. The van der Waals surface area contributed by atoms with Crippen molar-refractivity contribution in [2.75, 3.05) is 19.7 Å². The average molecular weight is 417 g/mol. The van der Waals surface area contributed by atoms with Gasteiger partial charge in [0.25, 0.3) is 0 Å². The summed E-state index contributed by atoms with van der Waals surface area (Å²) < 4.78 is 0. The minimum atomic E-state index is -1.30. The van der Waals surface area contributed by atoms with Gasteiger partial charge in [-0.2, -0.15) is 0 Å². The molecule has 0 unspecified atom stereocenters. The highest BCUT2D eigenvalue weighted by Crippen LogP contribution is 2.05. The molecule has 0 heterocycles. The fourth-order valence-corrected chi connectivity index (χ4v) is 2.28. The number of hydrogen-bond acceptors (Lipinski definition) is 7. The Kier molecular flexibility index (Phi) is 11.9. The summed E-state index contributed by atoms with van der Waals surface area (Å²) in [5, 5.41) is 35.1. The van der Waals surface area contributed by atoms with Crippen molar-refractivity contribution in [3.05, 3.63) is 0 Å². The molecule has 0 radical (unpaired) electrons. The standard InChI is InChI=1S/C16H31N7O6/c1-8(2)12(23-13(26)10(7-24)21-11(25)6-17)14(27)22-9(15(28)29)4-3-5-20-16(18)19/h8-10,12,24H,3-7,17H2,1-2H3,(H,21,25)(H,22,27)(H,23,26)(H,28,29)(H4,18,19,20)/t9-,10-,12-/m0/s1. The zero-order valence-corrected chi connectivity index (χ0v) is 16.5. The van der Waals surface area contributed by atoms with Crippen LogP contribution in [0.2, 0.25) is 0 Å². The van der Waals surface area contributed by atoms with Crippen molar-refractivity contribution in [2.45, 2.75) is 44.8 Å². The Balaban J connectivity index is 4.99. The quantitative estimate of drug-likeness (QED) is 0.0816. The summed E-state index contributed by atoms with van der Waals surface area (Å²) in [7, 11) is 0. The third kappa shape index (κ3) is 10.3. The molecule has 0 rings (SSSR count). The monoisotopic (exact) mass is 417 g/mol. The normalized spacial score (nSPS) is 13.7. The van der Waals surface area contributed by atoms with E-state index in [4.69, 9.17) is 16.9 Å². The van der Waals surface area contributed by atoms with Crippen LogP contribution in [-0.4, -0.2) is 77.7 Å². The van der Waals surface area contributed by atoms with Crippen molar-refractivity contribution >= 4 is 29.7 Å². The molecule has 3 atom stereocenters. The van der Waals surface area contributed by atoms with Crippen molar-refractivity contribution in [3.8, 4) is 0 Å². The minimum absolute atomic E-state index is 0.0753. The summed E-state index contributed by atoms with van der Waals surface area (Å²) in [6.45, 7) is 2.47. The van der Waals surface area contributed by atoms with Gasteiger partial charge in [0.05, 0.1) is 13.2 Å². The number of hydrogen-bond donors (Lipinski definition) is 9. The summed E-state index contributed by atoms with van der Waals surface area (Å²) in [6.07, 6.45) is 0.402. The van der Waals surface area contributed by atoms with E-state index < -0.39 is 54.3 Å². The molecule has 0 bridgehead atoms. The van der Waals surface area contributed by atoms with Gasteiger partial charge in [-0.15, -0.1) is 0 Å². The number of nitrogens with two attached hydrogens (primary N) is 2. The SMILES string of the molecule is CC(C)[C@H](NC(=O)[C@H](CO)NC(=O)CN)C(=O)N[C@@H](CCCNC(=N)N)C(=O)O. The first-order valence-electron chi connectivity index (χ1n) is 9.05. The summed E-state index contributed by atoms with van der Waals surface area (Å²) in [5.74, 6) is -4.09. The predicted octanol–water partition coefficient (Wildman–Crippen LogP) is -3.60. The van der Waals surface area contributed by atoms with Crippen LogP contribution >= 0.6 is 0 Å². The van der Waals surface area contributed by atoms with Gasteiger partial charge in [0, 0.05) is 6.54 Å². The second-order valence-corrected chi connectivity index (χ2v) is 6.62. The molecule has 0 fully saturated rings. The molecule has 13 nitrogen and oxygen atoms in total. The van der Waals surface area contributed by atoms with E-state index in [1.807, 2.05) is 0 Å². The number of aliphatic hydroxyl groups is 1. The van der Waals surface area contributed by atoms with Crippen LogP contribution in [0.15, 0.2) is 0 Å². The van der Waals surface area contributed by atoms with Crippen LogP contribution in [0.5, 0.6) is 0 Å². The first-order valence-corrected chi connectivity index (χ1v) is 9.05. The van der Waals surface area contributed by atoms with E-state index >= 15 is 0 Å². The molecular weight excluding hydrogens is 386 g/mol. The van der Waals surface area contributed by atoms with E-state index in [9.17, 15) is 29.4 Å². The van der Waals surface area contributed by atoms with Gasteiger partial charge in [0.1, 0.15) is 18.1 Å². The number of carbonyl (C=O) groups is 4. The smallest absolute Gasteiger partial charge is 0.326 e. The Morgan fingerprint density at radius 2 is 1.66 bits per heavy atom. The second kappa shape index (κ2) is 13.3. The second-order valence-electron chi connectivity index (χ2n) is 6.62. The van der Waals surface area contributed by atoms with Gasteiger partial charge in [-0.25, -0.2) is 4.79 Å². The van der Waals surface area contributed by atoms with Crippen LogP contribution in [0.4, 0.5) is 0 Å². The maximum Gasteiger partial charge on any atom is 0.326 e. The van der Waals surface area contributed by atoms with E-state index in [-0.39, 0.29) is 25.5 Å². The fraction of sp³-hybridized carbons (Fsp3) is 0.688. The third-order valence-electron chi connectivity index (χ3n) is 3.87. The molecule has 166 valence electrons. The zero-order valence-electron chi connectivity index (χ0n) is 16.5.